The Kier molecular flexibility index (Phi) is 7.13. The molecule has 1 amide bonds. The Morgan fingerprint density at radius 2 is 1.87 bits per heavy atom. The van der Waals surface area contributed by atoms with Crippen molar-refractivity contribution >= 4 is 17.4 Å². The van der Waals surface area contributed by atoms with Crippen LogP contribution in [0.5, 0.6) is 5.75 Å². The number of ketones is 1. The molecule has 1 fully saturated rings. The second-order valence-electron chi connectivity index (χ2n) is 8.07. The van der Waals surface area contributed by atoms with Crippen LogP contribution in [0.1, 0.15) is 36.6 Å². The van der Waals surface area contributed by atoms with Gasteiger partial charge >= 0.3 is 0 Å². The van der Waals surface area contributed by atoms with E-state index < -0.39 is 17.7 Å². The molecule has 0 aromatic heterocycles. The van der Waals surface area contributed by atoms with Crippen LogP contribution in [0.4, 0.5) is 0 Å². The van der Waals surface area contributed by atoms with Crippen LogP contribution in [0, 0.1) is 12.8 Å². The number of methoxy groups -OCH3 is 1. The molecule has 0 aliphatic carbocycles. The minimum Gasteiger partial charge on any atom is -0.507 e. The maximum Gasteiger partial charge on any atom is 0.295 e. The highest BCUT2D eigenvalue weighted by atomic mass is 16.5. The minimum atomic E-state index is -0.699. The van der Waals surface area contributed by atoms with Crippen molar-refractivity contribution in [3.05, 3.63) is 70.8 Å². The van der Waals surface area contributed by atoms with Gasteiger partial charge in [0.2, 0.25) is 0 Å². The lowest BCUT2D eigenvalue weighted by Crippen LogP contribution is -2.32. The first-order valence-corrected chi connectivity index (χ1v) is 10.4. The molecule has 0 radical (unpaired) electrons. The number of aliphatic hydroxyl groups excluding tert-OH is 1. The fourth-order valence-corrected chi connectivity index (χ4v) is 3.67. The number of carbonyl (C=O) groups excluding carboxylic acids is 2. The number of nitrogens with zero attached hydrogens (tertiary/aromatic N) is 1. The summed E-state index contributed by atoms with van der Waals surface area (Å²) in [5, 5.41) is 11.2. The largest absolute Gasteiger partial charge is 0.507 e. The van der Waals surface area contributed by atoms with Crippen molar-refractivity contribution in [1.29, 1.82) is 0 Å². The topological polar surface area (TPSA) is 76.1 Å². The summed E-state index contributed by atoms with van der Waals surface area (Å²) in [6.07, 6.45) is 0. The van der Waals surface area contributed by atoms with Crippen LogP contribution >= 0.6 is 0 Å². The Balaban J connectivity index is 2.10. The summed E-state index contributed by atoms with van der Waals surface area (Å²) in [4.78, 5) is 27.3. The number of hydrogen-bond donors (Lipinski definition) is 1. The number of Topliss-reactive ketones (excluding diaryl/α,β-unsaturated/α-hetero) is 1. The number of aliphatic hydroxyl groups is 1. The maximum absolute atomic E-state index is 13.0. The zero-order chi connectivity index (χ0) is 22.5. The van der Waals surface area contributed by atoms with E-state index in [1.807, 2.05) is 45.0 Å². The SMILES string of the molecule is COCCN1C(=O)C(=O)/C(=C(/O)c2cccc(OCC(C)C)c2)C1c1ccccc1C. The zero-order valence-electron chi connectivity index (χ0n) is 18.4. The fraction of sp³-hybridized carbons (Fsp3) is 0.360. The molecule has 1 atom stereocenters. The molecular formula is C25H29NO5. The summed E-state index contributed by atoms with van der Waals surface area (Å²) >= 11 is 0. The Hall–Kier alpha value is -3.12. The number of hydrogen-bond acceptors (Lipinski definition) is 5. The van der Waals surface area contributed by atoms with Gasteiger partial charge in [-0.2, -0.15) is 0 Å². The van der Waals surface area contributed by atoms with Crippen LogP contribution in [-0.4, -0.2) is 48.6 Å². The summed E-state index contributed by atoms with van der Waals surface area (Å²) < 4.78 is 10.9. The van der Waals surface area contributed by atoms with E-state index in [0.29, 0.717) is 23.8 Å². The van der Waals surface area contributed by atoms with E-state index in [0.717, 1.165) is 11.1 Å². The Bertz CT molecular complexity index is 995. The van der Waals surface area contributed by atoms with Gasteiger partial charge in [0.05, 0.1) is 24.8 Å². The third-order valence-corrected chi connectivity index (χ3v) is 5.25. The number of amides is 1. The first-order valence-electron chi connectivity index (χ1n) is 10.4. The lowest BCUT2D eigenvalue weighted by molar-refractivity contribution is -0.140. The molecule has 0 bridgehead atoms. The van der Waals surface area contributed by atoms with Crippen LogP contribution < -0.4 is 4.74 Å². The predicted octanol–water partition coefficient (Wildman–Crippen LogP) is 4.10. The number of likely N-dealkylation sites (tertiary alicyclic amines) is 1. The van der Waals surface area contributed by atoms with Crippen molar-refractivity contribution in [2.24, 2.45) is 5.92 Å². The Labute approximate surface area is 183 Å². The van der Waals surface area contributed by atoms with Crippen LogP contribution in [0.3, 0.4) is 0 Å². The average Bonchev–Trinajstić information content (AvgIpc) is 3.01. The monoisotopic (exact) mass is 423 g/mol. The summed E-state index contributed by atoms with van der Waals surface area (Å²) in [7, 11) is 1.54. The minimum absolute atomic E-state index is 0.0800. The van der Waals surface area contributed by atoms with Gasteiger partial charge in [-0.25, -0.2) is 0 Å². The summed E-state index contributed by atoms with van der Waals surface area (Å²) in [5.74, 6) is -0.598. The van der Waals surface area contributed by atoms with Crippen LogP contribution in [-0.2, 0) is 14.3 Å². The number of carbonyl (C=O) groups is 2. The molecule has 6 heteroatoms. The van der Waals surface area contributed by atoms with Gasteiger partial charge in [0.1, 0.15) is 11.5 Å². The first-order chi connectivity index (χ1) is 14.8. The Morgan fingerprint density at radius 3 is 2.55 bits per heavy atom. The molecule has 164 valence electrons. The summed E-state index contributed by atoms with van der Waals surface area (Å²) in [6.45, 7) is 7.09. The molecule has 0 spiro atoms. The van der Waals surface area contributed by atoms with Gasteiger partial charge < -0.3 is 19.5 Å². The van der Waals surface area contributed by atoms with Gasteiger partial charge in [0.15, 0.2) is 0 Å². The third kappa shape index (κ3) is 4.80. The van der Waals surface area contributed by atoms with E-state index in [4.69, 9.17) is 9.47 Å². The Morgan fingerprint density at radius 1 is 1.13 bits per heavy atom. The second kappa shape index (κ2) is 9.79. The smallest absolute Gasteiger partial charge is 0.295 e. The highest BCUT2D eigenvalue weighted by Gasteiger charge is 2.46. The van der Waals surface area contributed by atoms with E-state index in [1.165, 1.54) is 4.90 Å². The van der Waals surface area contributed by atoms with Crippen molar-refractivity contribution in [1.82, 2.24) is 4.90 Å². The van der Waals surface area contributed by atoms with Gasteiger partial charge in [-0.1, -0.05) is 50.2 Å². The molecule has 2 aromatic carbocycles. The van der Waals surface area contributed by atoms with Crippen LogP contribution in [0.15, 0.2) is 54.1 Å². The molecule has 1 unspecified atom stereocenters. The maximum atomic E-state index is 13.0. The highest BCUT2D eigenvalue weighted by molar-refractivity contribution is 6.46. The number of rotatable bonds is 8. The summed E-state index contributed by atoms with van der Waals surface area (Å²) in [5.41, 5.74) is 2.24. The molecule has 1 saturated heterocycles. The zero-order valence-corrected chi connectivity index (χ0v) is 18.4. The molecule has 1 aliphatic heterocycles. The molecular weight excluding hydrogens is 394 g/mol. The molecule has 2 aromatic rings. The third-order valence-electron chi connectivity index (χ3n) is 5.25. The summed E-state index contributed by atoms with van der Waals surface area (Å²) in [6, 6.07) is 13.8. The first kappa shape index (κ1) is 22.6. The predicted molar refractivity (Wildman–Crippen MR) is 119 cm³/mol. The van der Waals surface area contributed by atoms with Crippen LogP contribution in [0.2, 0.25) is 0 Å². The number of ether oxygens (including phenoxy) is 2. The van der Waals surface area contributed by atoms with Crippen LogP contribution in [0.25, 0.3) is 5.76 Å². The molecule has 6 nitrogen and oxygen atoms in total. The lowest BCUT2D eigenvalue weighted by atomic mass is 9.92. The van der Waals surface area contributed by atoms with Gasteiger partial charge in [-0.3, -0.25) is 9.59 Å². The normalized spacial score (nSPS) is 18.1. The van der Waals surface area contributed by atoms with E-state index in [2.05, 4.69) is 0 Å². The number of benzene rings is 2. The number of aryl methyl sites for hydroxylation is 1. The molecule has 3 rings (SSSR count). The highest BCUT2D eigenvalue weighted by Crippen LogP contribution is 2.40. The molecule has 1 aliphatic rings. The quantitative estimate of drug-likeness (QED) is 0.393. The van der Waals surface area contributed by atoms with E-state index in [-0.39, 0.29) is 24.5 Å². The van der Waals surface area contributed by atoms with Crippen molar-refractivity contribution in [3.63, 3.8) is 0 Å². The van der Waals surface area contributed by atoms with Gasteiger partial charge in [0, 0.05) is 19.2 Å². The van der Waals surface area contributed by atoms with Crippen molar-refractivity contribution < 1.29 is 24.2 Å². The molecule has 1 N–H and O–H groups in total. The molecule has 31 heavy (non-hydrogen) atoms. The van der Waals surface area contributed by atoms with E-state index in [9.17, 15) is 14.7 Å². The van der Waals surface area contributed by atoms with Gasteiger partial charge in [0.25, 0.3) is 11.7 Å². The molecule has 0 saturated carbocycles. The lowest BCUT2D eigenvalue weighted by Gasteiger charge is -2.26. The van der Waals surface area contributed by atoms with E-state index in [1.54, 1.807) is 31.4 Å². The van der Waals surface area contributed by atoms with Crippen molar-refractivity contribution in [2.45, 2.75) is 26.8 Å². The molecule has 1 heterocycles. The van der Waals surface area contributed by atoms with Gasteiger partial charge in [-0.05, 0) is 36.1 Å². The van der Waals surface area contributed by atoms with Gasteiger partial charge in [-0.15, -0.1) is 0 Å². The van der Waals surface area contributed by atoms with E-state index >= 15 is 0 Å². The average molecular weight is 424 g/mol. The van der Waals surface area contributed by atoms with Crippen molar-refractivity contribution in [3.8, 4) is 5.75 Å². The second-order valence-corrected chi connectivity index (χ2v) is 8.07. The standard InChI is InChI=1S/C25H29NO5/c1-16(2)15-31-19-10-7-9-18(14-19)23(27)21-22(20-11-6-5-8-17(20)3)26(12-13-30-4)25(29)24(21)28/h5-11,14,16,22,27H,12-13,15H2,1-4H3/b23-21+. The van der Waals surface area contributed by atoms with Crippen molar-refractivity contribution in [2.75, 3.05) is 26.9 Å². The fourth-order valence-electron chi connectivity index (χ4n) is 3.67.